The maximum Gasteiger partial charge on any atom is 0.164 e. The van der Waals surface area contributed by atoms with Gasteiger partial charge in [0.25, 0.3) is 0 Å². The summed E-state index contributed by atoms with van der Waals surface area (Å²) in [7, 11) is -1.79. The summed E-state index contributed by atoms with van der Waals surface area (Å²) in [6.07, 6.45) is 0. The van der Waals surface area contributed by atoms with Crippen LogP contribution in [0.3, 0.4) is 0 Å². The van der Waals surface area contributed by atoms with Crippen molar-refractivity contribution >= 4 is 10.0 Å². The first-order chi connectivity index (χ1) is 24.3. The molecule has 7 aromatic carbocycles. The number of hydrogen-bond acceptors (Lipinski definition) is 3. The third-order valence-corrected chi connectivity index (χ3v) is 13.2. The van der Waals surface area contributed by atoms with Gasteiger partial charge in [0, 0.05) is 36.3 Å². The van der Waals surface area contributed by atoms with E-state index in [1.165, 1.54) is 36.3 Å². The lowest BCUT2D eigenvalue weighted by Crippen LogP contribution is -2.03. The average Bonchev–Trinajstić information content (AvgIpc) is 3.49. The Morgan fingerprint density at radius 1 is 0.286 bits per heavy atom. The predicted molar refractivity (Wildman–Crippen MR) is 201 cm³/mol. The molecule has 0 amide bonds. The van der Waals surface area contributed by atoms with Gasteiger partial charge in [0.05, 0.1) is 0 Å². The van der Waals surface area contributed by atoms with Crippen LogP contribution >= 0.6 is 10.0 Å². The van der Waals surface area contributed by atoms with E-state index in [1.54, 1.807) is 0 Å². The van der Waals surface area contributed by atoms with E-state index in [4.69, 9.17) is 15.0 Å². The van der Waals surface area contributed by atoms with Gasteiger partial charge >= 0.3 is 0 Å². The third kappa shape index (κ3) is 4.97. The molecule has 0 atom stereocenters. The summed E-state index contributed by atoms with van der Waals surface area (Å²) in [6.45, 7) is 0. The number of aromatic nitrogens is 3. The minimum atomic E-state index is -1.79. The first-order valence-electron chi connectivity index (χ1n) is 16.4. The molecule has 0 spiro atoms. The fourth-order valence-electron chi connectivity index (χ4n) is 6.90. The third-order valence-electron chi connectivity index (χ3n) is 9.19. The molecule has 2 heterocycles. The van der Waals surface area contributed by atoms with E-state index in [2.05, 4.69) is 164 Å². The smallest absolute Gasteiger partial charge is 0.164 e. The second-order valence-corrected chi connectivity index (χ2v) is 15.1. The molecule has 0 saturated carbocycles. The molecule has 0 bridgehead atoms. The average molecular weight is 646 g/mol. The van der Waals surface area contributed by atoms with Crippen LogP contribution in [0.4, 0.5) is 0 Å². The highest BCUT2D eigenvalue weighted by Gasteiger charge is 2.42. The van der Waals surface area contributed by atoms with Gasteiger partial charge in [0.2, 0.25) is 0 Å². The summed E-state index contributed by atoms with van der Waals surface area (Å²) < 4.78 is 0. The number of nitrogens with zero attached hydrogens (tertiary/aromatic N) is 3. The lowest BCUT2D eigenvalue weighted by molar-refractivity contribution is 1.07. The Hall–Kier alpha value is -6.10. The van der Waals surface area contributed by atoms with E-state index in [0.29, 0.717) is 17.5 Å². The van der Waals surface area contributed by atoms with Gasteiger partial charge in [-0.1, -0.05) is 152 Å². The molecule has 232 valence electrons. The van der Waals surface area contributed by atoms with Crippen LogP contribution in [0.2, 0.25) is 0 Å². The maximum absolute atomic E-state index is 5.16. The minimum Gasteiger partial charge on any atom is -0.208 e. The van der Waals surface area contributed by atoms with Gasteiger partial charge in [0.1, 0.15) is 0 Å². The number of benzene rings is 7. The molecule has 8 aromatic rings. The monoisotopic (exact) mass is 645 g/mol. The minimum absolute atomic E-state index is 0.650. The van der Waals surface area contributed by atoms with Crippen molar-refractivity contribution in [1.29, 1.82) is 0 Å². The van der Waals surface area contributed by atoms with Crippen LogP contribution in [-0.4, -0.2) is 15.0 Å². The highest BCUT2D eigenvalue weighted by molar-refractivity contribution is 8.34. The van der Waals surface area contributed by atoms with Crippen molar-refractivity contribution in [3.63, 3.8) is 0 Å². The topological polar surface area (TPSA) is 38.7 Å². The van der Waals surface area contributed by atoms with E-state index in [0.717, 1.165) is 22.3 Å². The summed E-state index contributed by atoms with van der Waals surface area (Å²) in [6, 6.07) is 66.8. The lowest BCUT2D eigenvalue weighted by Gasteiger charge is -2.39. The Bertz CT molecular complexity index is 2370. The lowest BCUT2D eigenvalue weighted by atomic mass is 10.0. The van der Waals surface area contributed by atoms with Crippen molar-refractivity contribution in [1.82, 2.24) is 15.0 Å². The fraction of sp³-hybridized carbons (Fsp3) is 0. The van der Waals surface area contributed by atoms with Crippen molar-refractivity contribution in [2.45, 2.75) is 19.6 Å². The summed E-state index contributed by atoms with van der Waals surface area (Å²) in [4.78, 5) is 20.6. The standard InChI is InChI=1S/C45H31N3S/c1-5-15-32(16-6-1)33-25-27-35(28-26-33)44-46-43(34-17-7-2-8-18-34)47-45(48-44)36-29-30-40-39-23-13-14-24-41(39)49(42(40)31-36,37-19-9-3-10-20-37)38-21-11-4-12-22-38/h1-31H. The van der Waals surface area contributed by atoms with E-state index >= 15 is 0 Å². The summed E-state index contributed by atoms with van der Waals surface area (Å²) in [5.74, 6) is 1.96. The summed E-state index contributed by atoms with van der Waals surface area (Å²) in [5, 5.41) is 0. The molecule has 0 unspecified atom stereocenters. The molecule has 0 radical (unpaired) electrons. The Morgan fingerprint density at radius 3 is 1.27 bits per heavy atom. The zero-order valence-electron chi connectivity index (χ0n) is 26.6. The molecule has 0 fully saturated rings. The van der Waals surface area contributed by atoms with E-state index < -0.39 is 10.0 Å². The first-order valence-corrected chi connectivity index (χ1v) is 18.1. The molecule has 1 aromatic heterocycles. The molecular weight excluding hydrogens is 615 g/mol. The zero-order chi connectivity index (χ0) is 32.6. The zero-order valence-corrected chi connectivity index (χ0v) is 27.5. The Balaban J connectivity index is 1.25. The van der Waals surface area contributed by atoms with Gasteiger partial charge in [0.15, 0.2) is 17.5 Å². The number of hydrogen-bond donors (Lipinski definition) is 0. The maximum atomic E-state index is 5.16. The van der Waals surface area contributed by atoms with Gasteiger partial charge < -0.3 is 0 Å². The van der Waals surface area contributed by atoms with Gasteiger partial charge in [-0.15, -0.1) is 10.0 Å². The molecule has 1 aliphatic rings. The van der Waals surface area contributed by atoms with E-state index in [9.17, 15) is 0 Å². The molecule has 1 aliphatic heterocycles. The quantitative estimate of drug-likeness (QED) is 0.181. The van der Waals surface area contributed by atoms with Crippen LogP contribution in [-0.2, 0) is 0 Å². The van der Waals surface area contributed by atoms with Crippen molar-refractivity contribution in [3.05, 3.63) is 188 Å². The largest absolute Gasteiger partial charge is 0.208 e. The Morgan fingerprint density at radius 2 is 0.673 bits per heavy atom. The van der Waals surface area contributed by atoms with E-state index in [-0.39, 0.29) is 0 Å². The first kappa shape index (κ1) is 29.1. The van der Waals surface area contributed by atoms with Crippen LogP contribution in [0.15, 0.2) is 208 Å². The normalized spacial score (nSPS) is 13.3. The van der Waals surface area contributed by atoms with E-state index in [1.807, 2.05) is 24.3 Å². The molecule has 49 heavy (non-hydrogen) atoms. The second-order valence-electron chi connectivity index (χ2n) is 12.1. The van der Waals surface area contributed by atoms with Gasteiger partial charge in [-0.25, -0.2) is 15.0 Å². The van der Waals surface area contributed by atoms with Crippen LogP contribution < -0.4 is 0 Å². The molecule has 0 N–H and O–H groups in total. The van der Waals surface area contributed by atoms with Crippen LogP contribution in [0, 0.1) is 0 Å². The Kier molecular flexibility index (Phi) is 7.22. The molecule has 0 aliphatic carbocycles. The van der Waals surface area contributed by atoms with Crippen molar-refractivity contribution < 1.29 is 0 Å². The molecule has 0 saturated heterocycles. The van der Waals surface area contributed by atoms with Crippen LogP contribution in [0.25, 0.3) is 56.4 Å². The van der Waals surface area contributed by atoms with Crippen molar-refractivity contribution in [3.8, 4) is 56.4 Å². The summed E-state index contributed by atoms with van der Waals surface area (Å²) in [5.41, 5.74) is 7.75. The van der Waals surface area contributed by atoms with Crippen LogP contribution in [0.5, 0.6) is 0 Å². The van der Waals surface area contributed by atoms with Crippen LogP contribution in [0.1, 0.15) is 0 Å². The second kappa shape index (κ2) is 12.2. The molecule has 3 nitrogen and oxygen atoms in total. The Labute approximate surface area is 288 Å². The number of rotatable bonds is 6. The SMILES string of the molecule is c1ccc(-c2ccc(-c3nc(-c4ccccc4)nc(-c4ccc5c(c4)S(c4ccccc4)(c4ccccc4)c4ccccc4-5)n3)cc2)cc1. The van der Waals surface area contributed by atoms with Gasteiger partial charge in [-0.2, -0.15) is 0 Å². The number of fused-ring (bicyclic) bond motifs is 3. The predicted octanol–water partition coefficient (Wildman–Crippen LogP) is 11.9. The highest BCUT2D eigenvalue weighted by Crippen LogP contribution is 2.80. The molecule has 4 heteroatoms. The van der Waals surface area contributed by atoms with Crippen molar-refractivity contribution in [2.24, 2.45) is 0 Å². The van der Waals surface area contributed by atoms with Crippen molar-refractivity contribution in [2.75, 3.05) is 0 Å². The fourth-order valence-corrected chi connectivity index (χ4v) is 11.2. The summed E-state index contributed by atoms with van der Waals surface area (Å²) >= 11 is 0. The highest BCUT2D eigenvalue weighted by atomic mass is 32.3. The van der Waals surface area contributed by atoms with Gasteiger partial charge in [-0.3, -0.25) is 0 Å². The van der Waals surface area contributed by atoms with Gasteiger partial charge in [-0.05, 0) is 58.7 Å². The molecule has 9 rings (SSSR count). The molecular formula is C45H31N3S.